The van der Waals surface area contributed by atoms with Crippen molar-refractivity contribution in [3.63, 3.8) is 0 Å². The lowest BCUT2D eigenvalue weighted by Crippen LogP contribution is -2.33. The monoisotopic (exact) mass is 380 g/mol. The number of rotatable bonds is 4. The van der Waals surface area contributed by atoms with Crippen molar-refractivity contribution in [2.45, 2.75) is 19.1 Å². The number of imidazole rings is 1. The summed E-state index contributed by atoms with van der Waals surface area (Å²) in [6, 6.07) is 12.1. The number of benzene rings is 2. The van der Waals surface area contributed by atoms with Crippen LogP contribution in [0.1, 0.15) is 17.0 Å². The highest BCUT2D eigenvalue weighted by Gasteiger charge is 2.34. The first kappa shape index (κ1) is 17.3. The van der Waals surface area contributed by atoms with E-state index < -0.39 is 5.60 Å². The van der Waals surface area contributed by atoms with E-state index in [0.717, 1.165) is 5.82 Å². The van der Waals surface area contributed by atoms with E-state index in [9.17, 15) is 5.11 Å². The molecular formula is C18H15Cl3N2O. The summed E-state index contributed by atoms with van der Waals surface area (Å²) in [7, 11) is 0. The van der Waals surface area contributed by atoms with Crippen molar-refractivity contribution in [1.29, 1.82) is 0 Å². The van der Waals surface area contributed by atoms with Gasteiger partial charge in [0.1, 0.15) is 11.4 Å². The molecule has 1 heterocycles. The smallest absolute Gasteiger partial charge is 0.134 e. The number of nitrogens with zero attached hydrogens (tertiary/aromatic N) is 2. The third-order valence-corrected chi connectivity index (χ3v) is 4.82. The number of aromatic nitrogens is 2. The highest BCUT2D eigenvalue weighted by Crippen LogP contribution is 2.37. The van der Waals surface area contributed by atoms with E-state index in [4.69, 9.17) is 34.8 Å². The topological polar surface area (TPSA) is 38.0 Å². The Balaban J connectivity index is 2.16. The van der Waals surface area contributed by atoms with Gasteiger partial charge in [0.05, 0.1) is 6.54 Å². The number of aliphatic hydroxyl groups is 1. The van der Waals surface area contributed by atoms with Crippen LogP contribution in [0.4, 0.5) is 0 Å². The van der Waals surface area contributed by atoms with Crippen LogP contribution >= 0.6 is 34.8 Å². The van der Waals surface area contributed by atoms with Gasteiger partial charge < -0.3 is 9.67 Å². The van der Waals surface area contributed by atoms with Gasteiger partial charge in [-0.1, -0.05) is 53.0 Å². The Morgan fingerprint density at radius 2 is 1.71 bits per heavy atom. The lowest BCUT2D eigenvalue weighted by Gasteiger charge is -2.31. The SMILES string of the molecule is Cc1nccn1CC(O)(c1ccc(Cl)cc1)c1ccc(Cl)cc1Cl. The average molecular weight is 382 g/mol. The van der Waals surface area contributed by atoms with Crippen molar-refractivity contribution in [3.05, 3.63) is 86.9 Å². The third kappa shape index (κ3) is 3.31. The van der Waals surface area contributed by atoms with Crippen molar-refractivity contribution in [3.8, 4) is 0 Å². The van der Waals surface area contributed by atoms with Crippen molar-refractivity contribution in [2.75, 3.05) is 0 Å². The Hall–Kier alpha value is -1.52. The van der Waals surface area contributed by atoms with Gasteiger partial charge in [0.2, 0.25) is 0 Å². The zero-order valence-electron chi connectivity index (χ0n) is 12.9. The number of halogens is 3. The van der Waals surface area contributed by atoms with Gasteiger partial charge in [-0.2, -0.15) is 0 Å². The van der Waals surface area contributed by atoms with E-state index in [0.29, 0.717) is 26.2 Å². The molecule has 3 nitrogen and oxygen atoms in total. The Kier molecular flexibility index (Phi) is 4.88. The molecule has 1 N–H and O–H groups in total. The summed E-state index contributed by atoms with van der Waals surface area (Å²) in [5.74, 6) is 0.799. The minimum absolute atomic E-state index is 0.266. The van der Waals surface area contributed by atoms with Crippen LogP contribution in [0.3, 0.4) is 0 Å². The van der Waals surface area contributed by atoms with E-state index in [1.54, 1.807) is 48.7 Å². The minimum Gasteiger partial charge on any atom is -0.378 e. The van der Waals surface area contributed by atoms with E-state index in [2.05, 4.69) is 4.98 Å². The lowest BCUT2D eigenvalue weighted by atomic mass is 9.86. The molecule has 1 unspecified atom stereocenters. The molecule has 24 heavy (non-hydrogen) atoms. The second-order valence-electron chi connectivity index (χ2n) is 5.59. The average Bonchev–Trinajstić information content (AvgIpc) is 2.92. The zero-order valence-corrected chi connectivity index (χ0v) is 15.1. The van der Waals surface area contributed by atoms with Crippen LogP contribution in [0.2, 0.25) is 15.1 Å². The summed E-state index contributed by atoms with van der Waals surface area (Å²) in [6.07, 6.45) is 3.52. The predicted octanol–water partition coefficient (Wildman–Crippen LogP) is 5.09. The largest absolute Gasteiger partial charge is 0.378 e. The quantitative estimate of drug-likeness (QED) is 0.683. The Bertz CT molecular complexity index is 861. The van der Waals surface area contributed by atoms with Gasteiger partial charge in [0.15, 0.2) is 0 Å². The number of hydrogen-bond acceptors (Lipinski definition) is 2. The van der Waals surface area contributed by atoms with Crippen LogP contribution in [0.25, 0.3) is 0 Å². The molecule has 1 atom stereocenters. The normalized spacial score (nSPS) is 13.7. The van der Waals surface area contributed by atoms with Crippen LogP contribution in [-0.4, -0.2) is 14.7 Å². The van der Waals surface area contributed by atoms with Gasteiger partial charge in [-0.25, -0.2) is 4.98 Å². The summed E-state index contributed by atoms with van der Waals surface area (Å²) >= 11 is 18.4. The fourth-order valence-electron chi connectivity index (χ4n) is 2.70. The van der Waals surface area contributed by atoms with Crippen LogP contribution in [0.5, 0.6) is 0 Å². The van der Waals surface area contributed by atoms with Crippen molar-refractivity contribution in [1.82, 2.24) is 9.55 Å². The molecule has 0 bridgehead atoms. The highest BCUT2D eigenvalue weighted by molar-refractivity contribution is 6.35. The predicted molar refractivity (Wildman–Crippen MR) is 97.9 cm³/mol. The summed E-state index contributed by atoms with van der Waals surface area (Å²) in [6.45, 7) is 2.15. The molecule has 3 rings (SSSR count). The van der Waals surface area contributed by atoms with Crippen LogP contribution in [0, 0.1) is 6.92 Å². The maximum atomic E-state index is 11.6. The summed E-state index contributed by atoms with van der Waals surface area (Å²) in [5.41, 5.74) is -0.0919. The molecular weight excluding hydrogens is 367 g/mol. The van der Waals surface area contributed by atoms with Crippen LogP contribution < -0.4 is 0 Å². The molecule has 1 aromatic heterocycles. The molecule has 6 heteroatoms. The Morgan fingerprint density at radius 3 is 2.29 bits per heavy atom. The van der Waals surface area contributed by atoms with Crippen LogP contribution in [0.15, 0.2) is 54.9 Å². The lowest BCUT2D eigenvalue weighted by molar-refractivity contribution is 0.0606. The molecule has 0 amide bonds. The minimum atomic E-state index is -1.35. The fourth-order valence-corrected chi connectivity index (χ4v) is 3.39. The molecule has 0 aliphatic rings. The zero-order chi connectivity index (χ0) is 17.3. The molecule has 0 aliphatic heterocycles. The standard InChI is InChI=1S/C18H15Cl3N2O/c1-12-22-8-9-23(12)11-18(24,13-2-4-14(19)5-3-13)16-7-6-15(20)10-17(16)21/h2-10,24H,11H2,1H3. The Labute approximate surface area is 155 Å². The molecule has 0 fully saturated rings. The number of aryl methyl sites for hydroxylation is 1. The molecule has 0 radical (unpaired) electrons. The van der Waals surface area contributed by atoms with Crippen molar-refractivity contribution < 1.29 is 5.11 Å². The van der Waals surface area contributed by atoms with Gasteiger partial charge in [-0.15, -0.1) is 0 Å². The highest BCUT2D eigenvalue weighted by atomic mass is 35.5. The van der Waals surface area contributed by atoms with E-state index in [-0.39, 0.29) is 6.54 Å². The van der Waals surface area contributed by atoms with Gasteiger partial charge >= 0.3 is 0 Å². The molecule has 3 aromatic rings. The molecule has 2 aromatic carbocycles. The number of hydrogen-bond donors (Lipinski definition) is 1. The second-order valence-corrected chi connectivity index (χ2v) is 6.87. The maximum absolute atomic E-state index is 11.6. The van der Waals surface area contributed by atoms with Gasteiger partial charge in [-0.3, -0.25) is 0 Å². The van der Waals surface area contributed by atoms with Gasteiger partial charge in [-0.05, 0) is 36.8 Å². The summed E-state index contributed by atoms with van der Waals surface area (Å²) < 4.78 is 1.87. The van der Waals surface area contributed by atoms with Gasteiger partial charge in [0, 0.05) is 33.0 Å². The van der Waals surface area contributed by atoms with Crippen molar-refractivity contribution >= 4 is 34.8 Å². The molecule has 0 saturated heterocycles. The Morgan fingerprint density at radius 1 is 1.04 bits per heavy atom. The first-order chi connectivity index (χ1) is 11.4. The molecule has 0 spiro atoms. The molecule has 0 saturated carbocycles. The summed E-state index contributed by atoms with van der Waals surface area (Å²) in [4.78, 5) is 4.22. The first-order valence-electron chi connectivity index (χ1n) is 7.32. The molecule has 0 aliphatic carbocycles. The van der Waals surface area contributed by atoms with Gasteiger partial charge in [0.25, 0.3) is 0 Å². The first-order valence-corrected chi connectivity index (χ1v) is 8.45. The third-order valence-electron chi connectivity index (χ3n) is 4.02. The molecule has 124 valence electrons. The van der Waals surface area contributed by atoms with Crippen molar-refractivity contribution in [2.24, 2.45) is 0 Å². The van der Waals surface area contributed by atoms with E-state index in [1.165, 1.54) is 0 Å². The van der Waals surface area contributed by atoms with E-state index >= 15 is 0 Å². The van der Waals surface area contributed by atoms with Crippen LogP contribution in [-0.2, 0) is 12.1 Å². The second kappa shape index (κ2) is 6.77. The van der Waals surface area contributed by atoms with E-state index in [1.807, 2.05) is 17.7 Å². The fraction of sp³-hybridized carbons (Fsp3) is 0.167. The maximum Gasteiger partial charge on any atom is 0.134 e. The summed E-state index contributed by atoms with van der Waals surface area (Å²) in [5, 5.41) is 13.1.